The maximum atomic E-state index is 15.0. The van der Waals surface area contributed by atoms with Gasteiger partial charge in [0, 0.05) is 6.54 Å². The number of pyridine rings is 2. The normalized spacial score (nSPS) is 26.7. The minimum absolute atomic E-state index is 0.0245. The van der Waals surface area contributed by atoms with Gasteiger partial charge in [0.25, 0.3) is 5.91 Å². The van der Waals surface area contributed by atoms with Crippen LogP contribution in [0.4, 0.5) is 14.6 Å². The van der Waals surface area contributed by atoms with Gasteiger partial charge in [0.2, 0.25) is 0 Å². The van der Waals surface area contributed by atoms with E-state index >= 15 is 4.39 Å². The number of halogens is 2. The van der Waals surface area contributed by atoms with Gasteiger partial charge in [-0.15, -0.1) is 0 Å². The van der Waals surface area contributed by atoms with E-state index in [2.05, 4.69) is 25.0 Å². The second kappa shape index (κ2) is 7.38. The van der Waals surface area contributed by atoms with E-state index in [1.807, 2.05) is 0 Å². The van der Waals surface area contributed by atoms with Crippen LogP contribution in [0.1, 0.15) is 48.9 Å². The Bertz CT molecular complexity index is 1200. The number of nitrogens with zero attached hydrogens (tertiary/aromatic N) is 3. The van der Waals surface area contributed by atoms with Gasteiger partial charge in [-0.3, -0.25) is 18.7 Å². The average molecular weight is 465 g/mol. The van der Waals surface area contributed by atoms with E-state index in [9.17, 15) is 13.4 Å². The number of carbonyl (C=O) groups is 1. The standard InChI is InChI=1S/C21H26F2N6O2S/c1-11-9-12(22)10-25-16(11)18(30)28-15-6-5-13(23)17(27-15)21(4)14-7-8-26-32(14,31)20(2,3)19(24)29-21/h5-6,9-10,14,32H,7-8H2,1-4H3,(H2,24,29)(H,26,31)(H,27,28,30)/t14-,21?/m1/s1. The summed E-state index contributed by atoms with van der Waals surface area (Å²) in [5, 5.41) is 2.06. The maximum Gasteiger partial charge on any atom is 0.275 e. The van der Waals surface area contributed by atoms with Crippen LogP contribution < -0.4 is 15.8 Å². The molecule has 4 N–H and O–H groups in total. The number of hydrogen-bond donors (Lipinski definition) is 4. The van der Waals surface area contributed by atoms with Crippen molar-refractivity contribution in [1.29, 1.82) is 0 Å². The van der Waals surface area contributed by atoms with E-state index in [1.54, 1.807) is 27.7 Å². The summed E-state index contributed by atoms with van der Waals surface area (Å²) < 4.78 is 44.5. The van der Waals surface area contributed by atoms with Crippen LogP contribution in [0.25, 0.3) is 0 Å². The molecule has 1 unspecified atom stereocenters. The second-order valence-corrected chi connectivity index (χ2v) is 12.2. The summed E-state index contributed by atoms with van der Waals surface area (Å²) in [4.78, 5) is 25.4. The van der Waals surface area contributed by atoms with Gasteiger partial charge < -0.3 is 11.1 Å². The number of fused-ring (bicyclic) bond motifs is 1. The smallest absolute Gasteiger partial charge is 0.275 e. The van der Waals surface area contributed by atoms with Crippen LogP contribution in [0.15, 0.2) is 29.4 Å². The molecule has 1 fully saturated rings. The van der Waals surface area contributed by atoms with Crippen LogP contribution in [-0.2, 0) is 15.7 Å². The number of hydrogen-bond acceptors (Lipinski definition) is 6. The molecule has 0 saturated carbocycles. The number of aryl methyl sites for hydroxylation is 1. The van der Waals surface area contributed by atoms with Gasteiger partial charge in [0.1, 0.15) is 40.2 Å². The zero-order valence-corrected chi connectivity index (χ0v) is 19.1. The lowest BCUT2D eigenvalue weighted by molar-refractivity contribution is 0.102. The van der Waals surface area contributed by atoms with Crippen LogP contribution in [0, 0.1) is 18.6 Å². The number of carbonyl (C=O) groups excluding carboxylic acids is 1. The van der Waals surface area contributed by atoms with E-state index in [0.29, 0.717) is 18.5 Å². The molecule has 2 aliphatic heterocycles. The molecular formula is C21H26F2N6O2S. The second-order valence-electron chi connectivity index (χ2n) is 8.87. The summed E-state index contributed by atoms with van der Waals surface area (Å²) >= 11 is 0. The summed E-state index contributed by atoms with van der Waals surface area (Å²) in [6, 6.07) is 3.68. The quantitative estimate of drug-likeness (QED) is 0.518. The molecule has 1 amide bonds. The lowest BCUT2D eigenvalue weighted by Crippen LogP contribution is -2.64. The number of aliphatic imine (C=N–C) groups is 1. The van der Waals surface area contributed by atoms with E-state index in [0.717, 1.165) is 6.20 Å². The minimum Gasteiger partial charge on any atom is -0.386 e. The first-order valence-electron chi connectivity index (χ1n) is 10.2. The Labute approximate surface area is 185 Å². The van der Waals surface area contributed by atoms with E-state index in [4.69, 9.17) is 5.73 Å². The van der Waals surface area contributed by atoms with Crippen LogP contribution in [0.3, 0.4) is 0 Å². The number of amidine groups is 1. The van der Waals surface area contributed by atoms with Gasteiger partial charge in [-0.05, 0) is 68.0 Å². The van der Waals surface area contributed by atoms with Crippen molar-refractivity contribution in [2.24, 2.45) is 10.7 Å². The molecule has 4 rings (SSSR count). The molecule has 0 aromatic carbocycles. The first kappa shape index (κ1) is 22.4. The highest BCUT2D eigenvalue weighted by atomic mass is 32.3. The van der Waals surface area contributed by atoms with Crippen LogP contribution in [0.2, 0.25) is 0 Å². The summed E-state index contributed by atoms with van der Waals surface area (Å²) in [5.41, 5.74) is 5.26. The Morgan fingerprint density at radius 2 is 2.03 bits per heavy atom. The fourth-order valence-corrected chi connectivity index (χ4v) is 8.17. The number of aromatic nitrogens is 2. The molecule has 11 heteroatoms. The number of rotatable bonds is 3. The topological polar surface area (TPSA) is 122 Å². The zero-order valence-electron chi connectivity index (χ0n) is 18.2. The van der Waals surface area contributed by atoms with Gasteiger partial charge in [-0.1, -0.05) is 0 Å². The summed E-state index contributed by atoms with van der Waals surface area (Å²) in [5.74, 6) is -1.58. The monoisotopic (exact) mass is 464 g/mol. The van der Waals surface area contributed by atoms with E-state index in [1.165, 1.54) is 18.2 Å². The Balaban J connectivity index is 1.75. The molecule has 32 heavy (non-hydrogen) atoms. The average Bonchev–Trinajstić information content (AvgIpc) is 3.13. The van der Waals surface area contributed by atoms with Crippen molar-refractivity contribution in [3.63, 3.8) is 0 Å². The first-order chi connectivity index (χ1) is 14.9. The third-order valence-electron chi connectivity index (χ3n) is 6.49. The Morgan fingerprint density at radius 1 is 1.31 bits per heavy atom. The van der Waals surface area contributed by atoms with Crippen molar-refractivity contribution in [2.75, 3.05) is 11.9 Å². The molecule has 2 aromatic rings. The van der Waals surface area contributed by atoms with Gasteiger partial charge in [-0.25, -0.2) is 18.7 Å². The number of anilines is 1. The number of thiol groups is 1. The summed E-state index contributed by atoms with van der Waals surface area (Å²) in [6.07, 6.45) is 1.46. The summed E-state index contributed by atoms with van der Waals surface area (Å²) in [6.45, 7) is 7.27. The molecule has 0 radical (unpaired) electrons. The fraction of sp³-hybridized carbons (Fsp3) is 0.429. The third kappa shape index (κ3) is 3.22. The molecule has 1 saturated heterocycles. The predicted octanol–water partition coefficient (Wildman–Crippen LogP) is 1.97. The lowest BCUT2D eigenvalue weighted by Gasteiger charge is -2.50. The van der Waals surface area contributed by atoms with Gasteiger partial charge in [-0.2, -0.15) is 0 Å². The van der Waals surface area contributed by atoms with Crippen molar-refractivity contribution < 1.29 is 17.8 Å². The maximum absolute atomic E-state index is 15.0. The van der Waals surface area contributed by atoms with E-state index < -0.39 is 43.2 Å². The fourth-order valence-electron chi connectivity index (χ4n) is 4.54. The Kier molecular flexibility index (Phi) is 5.17. The summed E-state index contributed by atoms with van der Waals surface area (Å²) in [7, 11) is -3.09. The van der Waals surface area contributed by atoms with Crippen molar-refractivity contribution in [1.82, 2.24) is 14.7 Å². The highest BCUT2D eigenvalue weighted by Crippen LogP contribution is 2.48. The highest BCUT2D eigenvalue weighted by Gasteiger charge is 2.59. The Morgan fingerprint density at radius 3 is 2.72 bits per heavy atom. The highest BCUT2D eigenvalue weighted by molar-refractivity contribution is 8.04. The SMILES string of the molecule is Cc1cc(F)cnc1C(=O)Nc1ccc(F)c(C2(C)N=C(N)C(C)(C)[SH]3(=O)NCC[C@H]23)n1. The van der Waals surface area contributed by atoms with Crippen molar-refractivity contribution in [3.8, 4) is 0 Å². The number of amides is 1. The molecule has 172 valence electrons. The van der Waals surface area contributed by atoms with Crippen LogP contribution in [0.5, 0.6) is 0 Å². The number of nitrogens with two attached hydrogens (primary N) is 1. The molecule has 0 spiro atoms. The lowest BCUT2D eigenvalue weighted by atomic mass is 9.90. The molecule has 2 atom stereocenters. The molecule has 2 aromatic heterocycles. The first-order valence-corrected chi connectivity index (χ1v) is 12.0. The minimum atomic E-state index is -3.09. The Hall–Kier alpha value is -2.79. The van der Waals surface area contributed by atoms with E-state index in [-0.39, 0.29) is 23.0 Å². The predicted molar refractivity (Wildman–Crippen MR) is 120 cm³/mol. The largest absolute Gasteiger partial charge is 0.386 e. The van der Waals surface area contributed by atoms with Gasteiger partial charge in [0.05, 0.1) is 16.2 Å². The molecule has 8 nitrogen and oxygen atoms in total. The van der Waals surface area contributed by atoms with Crippen LogP contribution >= 0.6 is 0 Å². The molecule has 4 heterocycles. The van der Waals surface area contributed by atoms with Gasteiger partial charge >= 0.3 is 0 Å². The molecular weight excluding hydrogens is 438 g/mol. The van der Waals surface area contributed by atoms with Crippen LogP contribution in [-0.4, -0.2) is 42.5 Å². The van der Waals surface area contributed by atoms with Crippen molar-refractivity contribution >= 4 is 27.7 Å². The zero-order chi connectivity index (χ0) is 23.5. The third-order valence-corrected chi connectivity index (χ3v) is 10.7. The van der Waals surface area contributed by atoms with Gasteiger partial charge in [0.15, 0.2) is 0 Å². The van der Waals surface area contributed by atoms with Crippen molar-refractivity contribution in [2.45, 2.75) is 49.7 Å². The molecule has 0 aliphatic carbocycles. The molecule has 2 aliphatic rings. The van der Waals surface area contributed by atoms with Crippen molar-refractivity contribution in [3.05, 3.63) is 53.0 Å². The molecule has 0 bridgehead atoms. The number of nitrogens with one attached hydrogen (secondary N) is 2.